The van der Waals surface area contributed by atoms with Gasteiger partial charge in [-0.25, -0.2) is 0 Å². The van der Waals surface area contributed by atoms with E-state index in [1.165, 1.54) is 5.56 Å². The first-order valence-corrected chi connectivity index (χ1v) is 9.89. The van der Waals surface area contributed by atoms with Gasteiger partial charge < -0.3 is 10.2 Å². The molecule has 26 heavy (non-hydrogen) atoms. The highest BCUT2D eigenvalue weighted by Gasteiger charge is 2.22. The number of carbonyl (C=O) groups is 2. The molecule has 0 bridgehead atoms. The number of pyridine rings is 1. The maximum atomic E-state index is 12.3. The van der Waals surface area contributed by atoms with Crippen molar-refractivity contribution in [3.05, 3.63) is 30.1 Å². The predicted molar refractivity (Wildman–Crippen MR) is 100 cm³/mol. The minimum absolute atomic E-state index is 0.0651. The molecule has 0 radical (unpaired) electrons. The van der Waals surface area contributed by atoms with Crippen LogP contribution in [0.1, 0.15) is 50.5 Å². The third kappa shape index (κ3) is 5.80. The van der Waals surface area contributed by atoms with Crippen LogP contribution in [0, 0.1) is 0 Å². The van der Waals surface area contributed by atoms with Gasteiger partial charge >= 0.3 is 0 Å². The van der Waals surface area contributed by atoms with Crippen LogP contribution in [-0.4, -0.2) is 58.8 Å². The number of hydrogen-bond acceptors (Lipinski definition) is 4. The van der Waals surface area contributed by atoms with Gasteiger partial charge in [-0.2, -0.15) is 0 Å². The number of nitrogens with one attached hydrogen (secondary N) is 1. The van der Waals surface area contributed by atoms with Gasteiger partial charge in [-0.05, 0) is 43.9 Å². The van der Waals surface area contributed by atoms with Crippen LogP contribution in [0.15, 0.2) is 24.5 Å². The molecule has 142 valence electrons. The Kier molecular flexibility index (Phi) is 7.00. The van der Waals surface area contributed by atoms with Crippen molar-refractivity contribution in [2.45, 2.75) is 57.5 Å². The van der Waals surface area contributed by atoms with E-state index in [0.717, 1.165) is 58.3 Å². The van der Waals surface area contributed by atoms with Crippen molar-refractivity contribution in [1.82, 2.24) is 20.1 Å². The van der Waals surface area contributed by atoms with Gasteiger partial charge in [-0.3, -0.25) is 19.5 Å². The van der Waals surface area contributed by atoms with E-state index in [2.05, 4.69) is 21.3 Å². The van der Waals surface area contributed by atoms with Crippen molar-refractivity contribution in [3.8, 4) is 0 Å². The van der Waals surface area contributed by atoms with E-state index in [-0.39, 0.29) is 17.9 Å². The summed E-state index contributed by atoms with van der Waals surface area (Å²) < 4.78 is 0. The average molecular weight is 358 g/mol. The lowest BCUT2D eigenvalue weighted by molar-refractivity contribution is -0.131. The predicted octanol–water partition coefficient (Wildman–Crippen LogP) is 1.95. The topological polar surface area (TPSA) is 65.5 Å². The highest BCUT2D eigenvalue weighted by atomic mass is 16.2. The Labute approximate surface area is 156 Å². The van der Waals surface area contributed by atoms with Crippen LogP contribution in [0.4, 0.5) is 0 Å². The van der Waals surface area contributed by atoms with Crippen LogP contribution >= 0.6 is 0 Å². The van der Waals surface area contributed by atoms with Crippen molar-refractivity contribution in [2.24, 2.45) is 0 Å². The molecule has 0 spiro atoms. The summed E-state index contributed by atoms with van der Waals surface area (Å²) in [6.45, 7) is 4.17. The van der Waals surface area contributed by atoms with Crippen LogP contribution < -0.4 is 5.32 Å². The first kappa shape index (κ1) is 18.8. The summed E-state index contributed by atoms with van der Waals surface area (Å²) in [6, 6.07) is 4.25. The molecule has 2 aliphatic rings. The van der Waals surface area contributed by atoms with E-state index >= 15 is 0 Å². The fourth-order valence-corrected chi connectivity index (χ4v) is 3.88. The molecule has 6 heteroatoms. The molecule has 3 heterocycles. The Morgan fingerprint density at radius 2 is 2.15 bits per heavy atom. The second kappa shape index (κ2) is 9.67. The molecule has 2 amide bonds. The third-order valence-electron chi connectivity index (χ3n) is 5.28. The van der Waals surface area contributed by atoms with Crippen LogP contribution in [0.25, 0.3) is 0 Å². The molecular formula is C20H30N4O2. The van der Waals surface area contributed by atoms with Crippen LogP contribution in [0.5, 0.6) is 0 Å². The highest BCUT2D eigenvalue weighted by molar-refractivity contribution is 5.79. The van der Waals surface area contributed by atoms with Crippen molar-refractivity contribution in [2.75, 3.05) is 26.2 Å². The van der Waals surface area contributed by atoms with E-state index in [4.69, 9.17) is 0 Å². The molecule has 1 aromatic heterocycles. The molecule has 6 nitrogen and oxygen atoms in total. The van der Waals surface area contributed by atoms with Gasteiger partial charge in [-0.15, -0.1) is 0 Å². The summed E-state index contributed by atoms with van der Waals surface area (Å²) in [5.74, 6) is 0.269. The number of carbonyl (C=O) groups excluding carboxylic acids is 2. The number of aromatic nitrogens is 1. The monoisotopic (exact) mass is 358 g/mol. The number of rotatable bonds is 6. The van der Waals surface area contributed by atoms with Crippen LogP contribution in [0.3, 0.4) is 0 Å². The maximum absolute atomic E-state index is 12.3. The Bertz CT molecular complexity index is 593. The van der Waals surface area contributed by atoms with E-state index in [9.17, 15) is 9.59 Å². The second-order valence-electron chi connectivity index (χ2n) is 7.44. The molecule has 1 aromatic rings. The van der Waals surface area contributed by atoms with Crippen molar-refractivity contribution < 1.29 is 9.59 Å². The summed E-state index contributed by atoms with van der Waals surface area (Å²) in [5.41, 5.74) is 1.21. The largest absolute Gasteiger partial charge is 0.352 e. The molecule has 2 aliphatic heterocycles. The summed E-state index contributed by atoms with van der Waals surface area (Å²) in [7, 11) is 0. The number of piperidine rings is 1. The lowest BCUT2D eigenvalue weighted by atomic mass is 10.0. The zero-order chi connectivity index (χ0) is 18.2. The normalized spacial score (nSPS) is 22.1. The lowest BCUT2D eigenvalue weighted by Crippen LogP contribution is -2.48. The molecular weight excluding hydrogens is 328 g/mol. The molecule has 1 N–H and O–H groups in total. The highest BCUT2D eigenvalue weighted by Crippen LogP contribution is 2.14. The van der Waals surface area contributed by atoms with Gasteiger partial charge in [0.05, 0.1) is 0 Å². The van der Waals surface area contributed by atoms with Gasteiger partial charge in [0.1, 0.15) is 0 Å². The fraction of sp³-hybridized carbons (Fsp3) is 0.650. The minimum Gasteiger partial charge on any atom is -0.352 e. The quantitative estimate of drug-likeness (QED) is 0.844. The number of amides is 2. The van der Waals surface area contributed by atoms with E-state index in [1.807, 2.05) is 17.2 Å². The molecule has 2 saturated heterocycles. The van der Waals surface area contributed by atoms with Gasteiger partial charge in [0.2, 0.25) is 11.8 Å². The molecule has 1 atom stereocenters. The van der Waals surface area contributed by atoms with E-state index < -0.39 is 0 Å². The average Bonchev–Trinajstić information content (AvgIpc) is 2.85. The standard InChI is InChI=1S/C20H30N4O2/c25-19(9-13-24-12-3-1-2-8-20(24)26)22-18-7-5-11-23(16-18)15-17-6-4-10-21-14-17/h4,6,10,14,18H,1-3,5,7-9,11-13,15-16H2,(H,22,25)/t18-/m0/s1. The Balaban J connectivity index is 1.41. The van der Waals surface area contributed by atoms with Gasteiger partial charge in [-0.1, -0.05) is 12.5 Å². The maximum Gasteiger partial charge on any atom is 0.222 e. The van der Waals surface area contributed by atoms with Gasteiger partial charge in [0.25, 0.3) is 0 Å². The number of hydrogen-bond donors (Lipinski definition) is 1. The molecule has 0 aliphatic carbocycles. The van der Waals surface area contributed by atoms with E-state index in [0.29, 0.717) is 19.4 Å². The number of likely N-dealkylation sites (tertiary alicyclic amines) is 2. The van der Waals surface area contributed by atoms with Gasteiger partial charge in [0, 0.05) is 57.5 Å². The Hall–Kier alpha value is -1.95. The lowest BCUT2D eigenvalue weighted by Gasteiger charge is -2.33. The van der Waals surface area contributed by atoms with Crippen LogP contribution in [0.2, 0.25) is 0 Å². The smallest absolute Gasteiger partial charge is 0.222 e. The zero-order valence-electron chi connectivity index (χ0n) is 15.5. The third-order valence-corrected chi connectivity index (χ3v) is 5.28. The summed E-state index contributed by atoms with van der Waals surface area (Å²) in [6.07, 6.45) is 10.0. The SMILES string of the molecule is O=C(CCN1CCCCCC1=O)N[C@H]1CCCN(Cc2cccnc2)C1. The van der Waals surface area contributed by atoms with Crippen molar-refractivity contribution >= 4 is 11.8 Å². The van der Waals surface area contributed by atoms with Gasteiger partial charge in [0.15, 0.2) is 0 Å². The first-order chi connectivity index (χ1) is 12.7. The Morgan fingerprint density at radius 3 is 3.00 bits per heavy atom. The zero-order valence-corrected chi connectivity index (χ0v) is 15.5. The summed E-state index contributed by atoms with van der Waals surface area (Å²) in [4.78, 5) is 32.8. The molecule has 0 saturated carbocycles. The molecule has 0 unspecified atom stereocenters. The van der Waals surface area contributed by atoms with E-state index in [1.54, 1.807) is 6.20 Å². The Morgan fingerprint density at radius 1 is 1.23 bits per heavy atom. The molecule has 3 rings (SSSR count). The van der Waals surface area contributed by atoms with Crippen molar-refractivity contribution in [3.63, 3.8) is 0 Å². The van der Waals surface area contributed by atoms with Crippen LogP contribution in [-0.2, 0) is 16.1 Å². The summed E-state index contributed by atoms with van der Waals surface area (Å²) >= 11 is 0. The fourth-order valence-electron chi connectivity index (χ4n) is 3.88. The second-order valence-corrected chi connectivity index (χ2v) is 7.44. The van der Waals surface area contributed by atoms with Crippen molar-refractivity contribution in [1.29, 1.82) is 0 Å². The minimum atomic E-state index is 0.0651. The number of nitrogens with zero attached hydrogens (tertiary/aromatic N) is 3. The first-order valence-electron chi connectivity index (χ1n) is 9.89. The molecule has 0 aromatic carbocycles. The molecule has 2 fully saturated rings. The summed E-state index contributed by atoms with van der Waals surface area (Å²) in [5, 5.41) is 3.17.